The Bertz CT molecular complexity index is 2270. The van der Waals surface area contributed by atoms with Crippen molar-refractivity contribution in [2.24, 2.45) is 47.3 Å². The first kappa shape index (κ1) is 50.1. The smallest absolute Gasteiger partial charge is 0.320 e. The second kappa shape index (κ2) is 22.0. The summed E-state index contributed by atoms with van der Waals surface area (Å²) in [6.07, 6.45) is 19.9. The number of Topliss-reactive ketones (excluding diaryl/α,β-unsaturated/α-hetero) is 1. The summed E-state index contributed by atoms with van der Waals surface area (Å²) in [5.41, 5.74) is 9.24. The maximum atomic E-state index is 13.7. The number of aromatic nitrogens is 2. The Morgan fingerprint density at radius 2 is 1.54 bits per heavy atom. The Hall–Kier alpha value is -4.31. The average molecular weight is 895 g/mol. The lowest BCUT2D eigenvalue weighted by Gasteiger charge is -2.26. The molecule has 6 rings (SSSR count). The molecule has 2 saturated heterocycles. The molecule has 0 spiro atoms. The Balaban J connectivity index is 1.19. The number of carbonyl (C=O) groups is 3. The summed E-state index contributed by atoms with van der Waals surface area (Å²) in [6, 6.07) is -0.444. The van der Waals surface area contributed by atoms with Crippen LogP contribution in [0.5, 0.6) is 0 Å². The molecule has 2 fully saturated rings. The number of ketones is 1. The van der Waals surface area contributed by atoms with E-state index in [9.17, 15) is 19.5 Å². The fraction of sp³-hybridized carbons (Fsp3) is 0.655. The summed E-state index contributed by atoms with van der Waals surface area (Å²) in [7, 11) is 1.36. The number of carbonyl (C=O) groups excluding carboxylic acids is 3. The molecule has 5 N–H and O–H groups in total. The van der Waals surface area contributed by atoms with Crippen molar-refractivity contribution in [3.8, 4) is 0 Å². The maximum absolute atomic E-state index is 13.7. The van der Waals surface area contributed by atoms with E-state index in [1.54, 1.807) is 6.92 Å². The van der Waals surface area contributed by atoms with Gasteiger partial charge in [-0.25, -0.2) is 0 Å². The van der Waals surface area contributed by atoms with Gasteiger partial charge in [-0.15, -0.1) is 0 Å². The lowest BCUT2D eigenvalue weighted by atomic mass is 9.79. The van der Waals surface area contributed by atoms with Crippen molar-refractivity contribution in [3.63, 3.8) is 0 Å². The minimum Gasteiger partial charge on any atom is -0.510 e. The molecule has 0 radical (unpaired) electrons. The van der Waals surface area contributed by atoms with Crippen LogP contribution in [0.3, 0.4) is 0 Å². The largest absolute Gasteiger partial charge is 0.510 e. The quantitative estimate of drug-likeness (QED) is 0.0502. The number of hydrogen-bond donors (Lipinski definition) is 5. The van der Waals surface area contributed by atoms with Crippen LogP contribution >= 0.6 is 0 Å². The van der Waals surface area contributed by atoms with Crippen LogP contribution in [-0.4, -0.2) is 58.6 Å². The Labute approximate surface area is 389 Å². The van der Waals surface area contributed by atoms with Crippen molar-refractivity contribution in [1.29, 1.82) is 0 Å². The second-order valence-corrected chi connectivity index (χ2v) is 21.0. The monoisotopic (exact) mass is 895 g/mol. The van der Waals surface area contributed by atoms with E-state index in [-0.39, 0.29) is 66.3 Å². The number of allylic oxidation sites excluding steroid dienone is 3. The van der Waals surface area contributed by atoms with Gasteiger partial charge in [-0.05, 0) is 118 Å². The van der Waals surface area contributed by atoms with Crippen LogP contribution in [-0.2, 0) is 25.5 Å². The number of methoxy groups -OCH3 is 1. The van der Waals surface area contributed by atoms with Crippen molar-refractivity contribution in [1.82, 2.24) is 20.6 Å². The first-order valence-corrected chi connectivity index (χ1v) is 25.2. The number of esters is 2. The van der Waals surface area contributed by atoms with E-state index in [1.165, 1.54) is 57.6 Å². The highest BCUT2D eigenvalue weighted by atomic mass is 16.5. The predicted octanol–water partition coefficient (Wildman–Crippen LogP) is 10.3. The fourth-order valence-corrected chi connectivity index (χ4v) is 11.7. The van der Waals surface area contributed by atoms with Crippen LogP contribution in [0.2, 0.25) is 0 Å². The molecule has 10 heteroatoms. The maximum Gasteiger partial charge on any atom is 0.320 e. The number of aliphatic hydroxyl groups is 1. The van der Waals surface area contributed by atoms with Crippen LogP contribution in [0, 0.1) is 61.2 Å². The highest BCUT2D eigenvalue weighted by Gasteiger charge is 2.48. The zero-order chi connectivity index (χ0) is 47.3. The van der Waals surface area contributed by atoms with E-state index in [4.69, 9.17) is 9.47 Å². The summed E-state index contributed by atoms with van der Waals surface area (Å²) >= 11 is 0. The fourth-order valence-electron chi connectivity index (χ4n) is 11.7. The summed E-state index contributed by atoms with van der Waals surface area (Å²) in [5, 5.41) is 21.0. The highest BCUT2D eigenvalue weighted by Crippen LogP contribution is 2.42. The molecule has 0 unspecified atom stereocenters. The Morgan fingerprint density at radius 1 is 0.877 bits per heavy atom. The van der Waals surface area contributed by atoms with Gasteiger partial charge < -0.3 is 35.2 Å². The molecule has 0 saturated carbocycles. The lowest BCUT2D eigenvalue weighted by Crippen LogP contribution is -2.40. The van der Waals surface area contributed by atoms with Gasteiger partial charge in [-0.3, -0.25) is 14.4 Å². The molecule has 1 aliphatic carbocycles. The standard InChI is InChI=1S/C55H82N4O6/c1-13-39-34(7)41-29-46-48(38(11)60)36(9)43(57-46)27-42-35(8)40(52(58-42)50-51(55(63)64-12)54(62)49-37(10)44(59-53(49)50)28-45(39)56-41)23-24-47(61)65-26-25-33(6)22-16-21-32(5)20-15-19-31(4)18-14-17-30(2)3/h25,28-32,34-35,39-40,42,51-52,56-59,62H,13-24,26-27H2,1-12H3/b33-25+,41-29+,45-28-/t31-,32-,34-,35+,39-,40+,42-,51-,52-/m1/s1. The van der Waals surface area contributed by atoms with Crippen LogP contribution in [0.25, 0.3) is 23.5 Å². The van der Waals surface area contributed by atoms with Crippen molar-refractivity contribution in [3.05, 3.63) is 67.4 Å². The van der Waals surface area contributed by atoms with E-state index in [2.05, 4.69) is 94.2 Å². The molecule has 358 valence electrons. The molecule has 4 aliphatic rings. The number of nitrogens with one attached hydrogen (secondary N) is 4. The normalized spacial score (nSPS) is 26.4. The molecular formula is C55H82N4O6. The molecule has 5 heterocycles. The number of hydrogen-bond acceptors (Lipinski definition) is 8. The number of fused-ring (bicyclic) bond motifs is 8. The first-order valence-electron chi connectivity index (χ1n) is 25.2. The summed E-state index contributed by atoms with van der Waals surface area (Å²) < 4.78 is 11.2. The van der Waals surface area contributed by atoms with Gasteiger partial charge >= 0.3 is 11.9 Å². The third kappa shape index (κ3) is 11.3. The van der Waals surface area contributed by atoms with Gasteiger partial charge in [0.2, 0.25) is 0 Å². The van der Waals surface area contributed by atoms with E-state index in [0.717, 1.165) is 87.5 Å². The van der Waals surface area contributed by atoms with Crippen LogP contribution in [0.15, 0.2) is 23.0 Å². The molecule has 3 aliphatic heterocycles. The minimum absolute atomic E-state index is 0.0112. The number of ether oxygens (including phenoxy) is 2. The number of aliphatic hydroxyl groups excluding tert-OH is 1. The third-order valence-electron chi connectivity index (χ3n) is 15.8. The second-order valence-electron chi connectivity index (χ2n) is 21.0. The number of rotatable bonds is 20. The van der Waals surface area contributed by atoms with Crippen LogP contribution in [0.1, 0.15) is 178 Å². The van der Waals surface area contributed by atoms with Crippen molar-refractivity contribution < 1.29 is 29.0 Å². The molecule has 2 aromatic rings. The minimum atomic E-state index is -0.992. The van der Waals surface area contributed by atoms with Gasteiger partial charge in [0.15, 0.2) is 5.78 Å². The summed E-state index contributed by atoms with van der Waals surface area (Å²) in [6.45, 7) is 24.1. The number of H-pyrrole nitrogens is 2. The van der Waals surface area contributed by atoms with Crippen LogP contribution < -0.4 is 21.2 Å². The zero-order valence-electron chi connectivity index (χ0n) is 41.9. The predicted molar refractivity (Wildman–Crippen MR) is 263 cm³/mol. The molecular weight excluding hydrogens is 813 g/mol. The molecule has 2 aromatic heterocycles. The summed E-state index contributed by atoms with van der Waals surface area (Å²) in [4.78, 5) is 47.8. The van der Waals surface area contributed by atoms with E-state index < -0.39 is 11.9 Å². The molecule has 0 amide bonds. The van der Waals surface area contributed by atoms with Crippen LogP contribution in [0.4, 0.5) is 0 Å². The average Bonchev–Trinajstić information content (AvgIpc) is 4.00. The lowest BCUT2D eigenvalue weighted by molar-refractivity contribution is -0.143. The van der Waals surface area contributed by atoms with Gasteiger partial charge in [-0.2, -0.15) is 0 Å². The van der Waals surface area contributed by atoms with E-state index in [1.807, 2.05) is 13.8 Å². The first-order chi connectivity index (χ1) is 30.9. The molecule has 9 atom stereocenters. The van der Waals surface area contributed by atoms with Gasteiger partial charge in [0, 0.05) is 70.3 Å². The van der Waals surface area contributed by atoms with Crippen molar-refractivity contribution in [2.75, 3.05) is 13.7 Å². The molecule has 65 heavy (non-hydrogen) atoms. The highest BCUT2D eigenvalue weighted by molar-refractivity contribution is 5.99. The zero-order valence-corrected chi connectivity index (χ0v) is 41.9. The molecule has 0 aromatic carbocycles. The topological polar surface area (TPSA) is 146 Å². The van der Waals surface area contributed by atoms with Gasteiger partial charge in [0.05, 0.1) is 18.2 Å². The van der Waals surface area contributed by atoms with Gasteiger partial charge in [0.1, 0.15) is 18.3 Å². The number of aromatic amines is 2. The van der Waals surface area contributed by atoms with Crippen molar-refractivity contribution >= 4 is 41.2 Å². The summed E-state index contributed by atoms with van der Waals surface area (Å²) in [5.74, 6) is 0.934. The third-order valence-corrected chi connectivity index (χ3v) is 15.8. The van der Waals surface area contributed by atoms with Crippen molar-refractivity contribution in [2.45, 2.75) is 172 Å². The Kier molecular flexibility index (Phi) is 17.0. The van der Waals surface area contributed by atoms with Gasteiger partial charge in [0.25, 0.3) is 0 Å². The SMILES string of the molecule is CC[C@H]1/C2=C/c3[nH]c4c(c3C)=C(O)[C@H](C(=O)OC)C=4[C@@H]3N[C@H](Cc4[nH]c(c(C(C)=O)c4C)/C=C(/N2)[C@@H]1C)[C@@H](C)[C@@H]3CCC(=O)OC/C=C(\C)CCC[C@H](C)CCC[C@H](C)CCCC(C)C. The van der Waals surface area contributed by atoms with E-state index >= 15 is 0 Å². The van der Waals surface area contributed by atoms with Gasteiger partial charge in [-0.1, -0.05) is 99.0 Å². The van der Waals surface area contributed by atoms with E-state index in [0.29, 0.717) is 23.6 Å². The molecule has 8 bridgehead atoms. The Morgan fingerprint density at radius 3 is 2.18 bits per heavy atom. The molecule has 10 nitrogen and oxygen atoms in total.